The van der Waals surface area contributed by atoms with Crippen LogP contribution in [0.5, 0.6) is 0 Å². The summed E-state index contributed by atoms with van der Waals surface area (Å²) in [5, 5.41) is 34.2. The monoisotopic (exact) mass is 1460 g/mol. The lowest BCUT2D eigenvalue weighted by atomic mass is 10.0. The maximum atomic E-state index is 13.1. The summed E-state index contributed by atoms with van der Waals surface area (Å²) in [6, 6.07) is 37.4. The van der Waals surface area contributed by atoms with Gasteiger partial charge in [0, 0.05) is 86.2 Å². The number of para-hydroxylation sites is 3. The van der Waals surface area contributed by atoms with E-state index < -0.39 is 34.4 Å². The highest BCUT2D eigenvalue weighted by Gasteiger charge is 2.34. The molecular weight excluding hydrogens is 1410 g/mol. The number of benzene rings is 5. The molecule has 0 radical (unpaired) electrons. The van der Waals surface area contributed by atoms with E-state index in [0.29, 0.717) is 77.2 Å². The summed E-state index contributed by atoms with van der Waals surface area (Å²) in [5.41, 5.74) is 5.89. The van der Waals surface area contributed by atoms with E-state index in [1.807, 2.05) is 129 Å². The Bertz CT molecular complexity index is 6570. The standard InChI is InChI=1S/C21H15N5O2.C18H18N6O2.C18H17N5O2.C16H10ClF3N6O2/c27-20-16-11-22-18-13-25(21(28)23-14-7-3-1-4-8-14)12-17(18)19(16)24-26(20)15-9-5-2-6-10-15;1-10(2)11-4-6-12(7-5-11)23-17(25)14-8-20-16-13(15(14)22-23)9-21-24(16)18(26)19-3;1-11(2)20-18(25)22-9-14-15(10-22)19-8-13-16(14)21-23(17(13)24)12-6-4-3-5-7-12;1-21-15(28)26-13-8(6-23-26)12-9(5-22-13)14(27)25(24-12)7-2-3-11(17)10(4-7)16(18,19)20/h1-13,24H,(H,23,28);4-10,22H,1-3H3,(H,19,26);3-11,21H,1-2H3,(H,20,25);2-6,24H,1H3,(H,21,28). The smallest absolute Gasteiger partial charge is 0.339 e. The molecule has 0 aliphatic carbocycles. The summed E-state index contributed by atoms with van der Waals surface area (Å²) in [4.78, 5) is 116. The quantitative estimate of drug-likeness (QED) is 0.0735. The van der Waals surface area contributed by atoms with Gasteiger partial charge in [-0.2, -0.15) is 32.7 Å². The molecular formula is C73H60ClF3N22O8. The Balaban J connectivity index is 0.000000120. The van der Waals surface area contributed by atoms with Gasteiger partial charge in [0.1, 0.15) is 0 Å². The van der Waals surface area contributed by atoms with Gasteiger partial charge in [0.15, 0.2) is 11.3 Å². The van der Waals surface area contributed by atoms with Gasteiger partial charge in [-0.1, -0.05) is 92.2 Å². The number of carbonyl (C=O) groups excluding carboxylic acids is 4. The summed E-state index contributed by atoms with van der Waals surface area (Å²) < 4.78 is 49.8. The molecule has 0 saturated carbocycles. The van der Waals surface area contributed by atoms with Crippen LogP contribution in [-0.4, -0.2) is 132 Å². The molecule has 0 aliphatic heterocycles. The third kappa shape index (κ3) is 13.2. The van der Waals surface area contributed by atoms with Crippen molar-refractivity contribution in [2.24, 2.45) is 0 Å². The summed E-state index contributed by atoms with van der Waals surface area (Å²) in [6.07, 6.45) is 10.6. The average Bonchev–Trinajstić information content (AvgIpc) is 1.62. The Kier molecular flexibility index (Phi) is 18.4. The Morgan fingerprint density at radius 1 is 0.439 bits per heavy atom. The number of nitrogens with zero attached hydrogens (tertiary/aromatic N) is 14. The fourth-order valence-electron chi connectivity index (χ4n) is 11.9. The van der Waals surface area contributed by atoms with Crippen LogP contribution in [0.25, 0.3) is 110 Å². The van der Waals surface area contributed by atoms with Crippen LogP contribution < -0.4 is 43.5 Å². The zero-order valence-electron chi connectivity index (χ0n) is 57.2. The summed E-state index contributed by atoms with van der Waals surface area (Å²) in [5.74, 6) is 0.419. The van der Waals surface area contributed by atoms with Crippen LogP contribution in [0.15, 0.2) is 215 Å². The van der Waals surface area contributed by atoms with E-state index in [4.69, 9.17) is 11.6 Å². The second-order valence-corrected chi connectivity index (χ2v) is 25.2. The van der Waals surface area contributed by atoms with Crippen LogP contribution in [0.4, 0.5) is 38.0 Å². The fourth-order valence-corrected chi connectivity index (χ4v) is 12.1. The zero-order chi connectivity index (χ0) is 75.3. The second-order valence-electron chi connectivity index (χ2n) is 24.8. The van der Waals surface area contributed by atoms with Gasteiger partial charge in [0.25, 0.3) is 22.2 Å². The zero-order valence-corrected chi connectivity index (χ0v) is 57.9. The number of nitrogens with one attached hydrogen (secondary N) is 8. The molecule has 17 aromatic rings. The van der Waals surface area contributed by atoms with E-state index in [9.17, 15) is 51.5 Å². The van der Waals surface area contributed by atoms with Crippen LogP contribution in [0.2, 0.25) is 5.02 Å². The number of hydrogen-bond acceptors (Lipinski definition) is 14. The van der Waals surface area contributed by atoms with Crippen molar-refractivity contribution in [2.45, 2.75) is 45.8 Å². The molecule has 8 N–H and O–H groups in total. The lowest BCUT2D eigenvalue weighted by Gasteiger charge is -2.10. The molecule has 0 atom stereocenters. The van der Waals surface area contributed by atoms with E-state index >= 15 is 0 Å². The molecule has 12 heterocycles. The van der Waals surface area contributed by atoms with E-state index in [2.05, 4.69) is 85.6 Å². The van der Waals surface area contributed by atoms with Crippen molar-refractivity contribution in [3.63, 3.8) is 0 Å². The van der Waals surface area contributed by atoms with Crippen LogP contribution >= 0.6 is 11.6 Å². The molecule has 5 aromatic carbocycles. The molecule has 0 unspecified atom stereocenters. The number of carbonyl (C=O) groups is 4. The van der Waals surface area contributed by atoms with E-state index in [1.54, 1.807) is 31.0 Å². The van der Waals surface area contributed by atoms with Crippen molar-refractivity contribution in [1.29, 1.82) is 0 Å². The van der Waals surface area contributed by atoms with E-state index in [0.717, 1.165) is 43.9 Å². The van der Waals surface area contributed by atoms with Crippen molar-refractivity contribution in [2.75, 3.05) is 19.4 Å². The van der Waals surface area contributed by atoms with Gasteiger partial charge >= 0.3 is 30.3 Å². The number of H-pyrrole nitrogens is 4. The maximum absolute atomic E-state index is 13.1. The number of rotatable bonds is 7. The van der Waals surface area contributed by atoms with E-state index in [1.165, 1.54) is 84.6 Å². The third-order valence-corrected chi connectivity index (χ3v) is 17.6. The molecule has 34 heteroatoms. The topological polar surface area (TPSA) is 365 Å². The highest BCUT2D eigenvalue weighted by molar-refractivity contribution is 6.31. The average molecular weight is 1470 g/mol. The Morgan fingerprint density at radius 3 is 1.23 bits per heavy atom. The van der Waals surface area contributed by atoms with Gasteiger partial charge in [0.2, 0.25) is 0 Å². The Hall–Kier alpha value is -14.2. The summed E-state index contributed by atoms with van der Waals surface area (Å²) in [7, 11) is 2.94. The van der Waals surface area contributed by atoms with Gasteiger partial charge < -0.3 is 21.3 Å². The van der Waals surface area contributed by atoms with Gasteiger partial charge in [0.05, 0.1) is 111 Å². The first-order valence-corrected chi connectivity index (χ1v) is 33.2. The number of aromatic nitrogens is 18. The number of halogens is 4. The SMILES string of the molecule is CC(C)NC(=O)n1cc2ncc3c(=O)n(-c4ccccc4)[nH]c3c2c1.CNC(=O)n1ncc2c3[nH]n(-c4ccc(C(C)C)cc4)c(=O)c3cnc21.CNC(=O)n1ncc2c3[nH]n(-c4ccc(Cl)c(C(F)(F)F)c4)c(=O)c3cnc21.O=C(Nc1ccccc1)n1cc2ncc3c(=O)n(-c4ccccc4)[nH]c3c2c1. The summed E-state index contributed by atoms with van der Waals surface area (Å²) >= 11 is 5.63. The predicted molar refractivity (Wildman–Crippen MR) is 398 cm³/mol. The molecule has 0 saturated heterocycles. The number of amides is 4. The van der Waals surface area contributed by atoms with Gasteiger partial charge in [-0.25, -0.2) is 47.9 Å². The number of pyridine rings is 4. The van der Waals surface area contributed by atoms with Gasteiger partial charge in [-0.3, -0.25) is 58.7 Å². The lowest BCUT2D eigenvalue weighted by molar-refractivity contribution is -0.137. The first-order valence-electron chi connectivity index (χ1n) is 32.9. The van der Waals surface area contributed by atoms with Crippen molar-refractivity contribution < 1.29 is 32.3 Å². The molecule has 0 bridgehead atoms. The fraction of sp³-hybridized carbons (Fsp3) is 0.123. The Labute approximate surface area is 603 Å². The number of aromatic amines is 4. The highest BCUT2D eigenvalue weighted by atomic mass is 35.5. The minimum atomic E-state index is -4.67. The third-order valence-electron chi connectivity index (χ3n) is 17.3. The first kappa shape index (κ1) is 69.8. The molecule has 0 fully saturated rings. The lowest BCUT2D eigenvalue weighted by Crippen LogP contribution is -2.33. The molecule has 12 aromatic heterocycles. The normalized spacial score (nSPS) is 11.6. The number of alkyl halides is 3. The van der Waals surface area contributed by atoms with Crippen molar-refractivity contribution >= 4 is 129 Å². The molecule has 0 spiro atoms. The van der Waals surface area contributed by atoms with Crippen LogP contribution in [0.1, 0.15) is 44.7 Å². The van der Waals surface area contributed by atoms with E-state index in [-0.39, 0.29) is 57.0 Å². The Morgan fingerprint density at radius 2 is 0.822 bits per heavy atom. The predicted octanol–water partition coefficient (Wildman–Crippen LogP) is 11.7. The number of fused-ring (bicyclic) bond motifs is 12. The largest absolute Gasteiger partial charge is 0.417 e. The highest BCUT2D eigenvalue weighted by Crippen LogP contribution is 2.36. The summed E-state index contributed by atoms with van der Waals surface area (Å²) in [6.45, 7) is 8.04. The first-order chi connectivity index (χ1) is 51.5. The van der Waals surface area contributed by atoms with Crippen molar-refractivity contribution in [1.82, 2.24) is 104 Å². The minimum absolute atomic E-state index is 0.0324. The van der Waals surface area contributed by atoms with Gasteiger partial charge in [-0.15, -0.1) is 0 Å². The number of anilines is 1. The molecule has 107 heavy (non-hydrogen) atoms. The van der Waals surface area contributed by atoms with Crippen LogP contribution in [0.3, 0.4) is 0 Å². The number of hydrogen-bond donors (Lipinski definition) is 8. The van der Waals surface area contributed by atoms with Crippen molar-refractivity contribution in [3.05, 3.63) is 253 Å². The molecule has 4 amide bonds. The molecule has 0 aliphatic rings. The maximum Gasteiger partial charge on any atom is 0.417 e. The minimum Gasteiger partial charge on any atom is -0.339 e. The molecule has 17 rings (SSSR count). The second kappa shape index (κ2) is 28.2. The molecule has 538 valence electrons. The van der Waals surface area contributed by atoms with Crippen molar-refractivity contribution in [3.8, 4) is 22.7 Å². The van der Waals surface area contributed by atoms with Gasteiger partial charge in [-0.05, 0) is 92.1 Å². The van der Waals surface area contributed by atoms with Crippen LogP contribution in [0, 0.1) is 0 Å². The molecule has 30 nitrogen and oxygen atoms in total. The van der Waals surface area contributed by atoms with Crippen LogP contribution in [-0.2, 0) is 6.18 Å².